The molecule has 94 valence electrons. The summed E-state index contributed by atoms with van der Waals surface area (Å²) in [5.41, 5.74) is 4.86. The van der Waals surface area contributed by atoms with Gasteiger partial charge in [-0.1, -0.05) is 57.9 Å². The quantitative estimate of drug-likeness (QED) is 0.666. The van der Waals surface area contributed by atoms with Crippen LogP contribution >= 0.6 is 15.9 Å². The second-order valence-electron chi connectivity index (χ2n) is 4.70. The van der Waals surface area contributed by atoms with Crippen LogP contribution in [0.15, 0.2) is 36.4 Å². The van der Waals surface area contributed by atoms with Gasteiger partial charge in [0.15, 0.2) is 0 Å². The van der Waals surface area contributed by atoms with Crippen LogP contribution in [0.1, 0.15) is 32.6 Å². The molecule has 2 aromatic rings. The highest BCUT2D eigenvalue weighted by Gasteiger charge is 2.17. The van der Waals surface area contributed by atoms with Gasteiger partial charge in [-0.25, -0.2) is 4.39 Å². The number of alkyl halides is 1. The number of benzene rings is 2. The Morgan fingerprint density at radius 2 is 1.67 bits per heavy atom. The fourth-order valence-corrected chi connectivity index (χ4v) is 2.91. The molecule has 0 saturated heterocycles. The molecule has 0 amide bonds. The highest BCUT2D eigenvalue weighted by atomic mass is 79.9. The third-order valence-electron chi connectivity index (χ3n) is 3.20. The molecular weight excluding hydrogens is 291 g/mol. The fraction of sp³-hybridized carbons (Fsp3) is 0.250. The van der Waals surface area contributed by atoms with Crippen LogP contribution in [0.2, 0.25) is 0 Å². The molecular formula is C16H16BrF. The summed E-state index contributed by atoms with van der Waals surface area (Å²) in [6.07, 6.45) is 0. The molecule has 0 N–H and O–H groups in total. The molecule has 18 heavy (non-hydrogen) atoms. The number of halogens is 2. The first kappa shape index (κ1) is 13.3. The van der Waals surface area contributed by atoms with Gasteiger partial charge in [-0.05, 0) is 37.5 Å². The average Bonchev–Trinajstić information content (AvgIpc) is 2.35. The fourth-order valence-electron chi connectivity index (χ4n) is 2.07. The smallest absolute Gasteiger partial charge is 0.130 e. The van der Waals surface area contributed by atoms with Crippen LogP contribution in [0.4, 0.5) is 4.39 Å². The lowest BCUT2D eigenvalue weighted by Gasteiger charge is -2.16. The Labute approximate surface area is 116 Å². The summed E-state index contributed by atoms with van der Waals surface area (Å²) in [5.74, 6) is -0.125. The first-order chi connectivity index (χ1) is 8.50. The maximum Gasteiger partial charge on any atom is 0.130 e. The SMILES string of the molecule is Cc1ccc(C)c(C(Br)c2cccc(C)c2F)c1. The van der Waals surface area contributed by atoms with Crippen molar-refractivity contribution in [2.45, 2.75) is 25.6 Å². The first-order valence-corrected chi connectivity index (χ1v) is 6.88. The molecule has 0 bridgehead atoms. The summed E-state index contributed by atoms with van der Waals surface area (Å²) >= 11 is 3.62. The van der Waals surface area contributed by atoms with Crippen molar-refractivity contribution in [3.63, 3.8) is 0 Å². The van der Waals surface area contributed by atoms with Crippen molar-refractivity contribution >= 4 is 15.9 Å². The Hall–Kier alpha value is -1.15. The highest BCUT2D eigenvalue weighted by Crippen LogP contribution is 2.35. The second-order valence-corrected chi connectivity index (χ2v) is 5.62. The standard InChI is InChI=1S/C16H16BrF/c1-10-7-8-11(2)14(9-10)15(17)13-6-4-5-12(3)16(13)18/h4-9,15H,1-3H3. The molecule has 0 aliphatic rings. The first-order valence-electron chi connectivity index (χ1n) is 5.97. The largest absolute Gasteiger partial charge is 0.206 e. The van der Waals surface area contributed by atoms with E-state index in [1.165, 1.54) is 11.1 Å². The monoisotopic (exact) mass is 306 g/mol. The van der Waals surface area contributed by atoms with Crippen molar-refractivity contribution in [1.82, 2.24) is 0 Å². The maximum atomic E-state index is 14.1. The number of hydrogen-bond donors (Lipinski definition) is 0. The van der Waals surface area contributed by atoms with Crippen LogP contribution in [0.5, 0.6) is 0 Å². The van der Waals surface area contributed by atoms with Crippen molar-refractivity contribution in [2.24, 2.45) is 0 Å². The van der Waals surface area contributed by atoms with E-state index in [2.05, 4.69) is 48.0 Å². The van der Waals surface area contributed by atoms with Crippen molar-refractivity contribution in [3.8, 4) is 0 Å². The van der Waals surface area contributed by atoms with E-state index in [-0.39, 0.29) is 10.6 Å². The van der Waals surface area contributed by atoms with E-state index in [0.717, 1.165) is 5.56 Å². The summed E-state index contributed by atoms with van der Waals surface area (Å²) < 4.78 is 14.1. The lowest BCUT2D eigenvalue weighted by Crippen LogP contribution is -2.00. The third-order valence-corrected chi connectivity index (χ3v) is 4.19. The summed E-state index contributed by atoms with van der Waals surface area (Å²) in [6.45, 7) is 5.90. The molecule has 0 spiro atoms. The van der Waals surface area contributed by atoms with Gasteiger partial charge in [0.2, 0.25) is 0 Å². The molecule has 1 atom stereocenters. The zero-order chi connectivity index (χ0) is 13.3. The Balaban J connectivity index is 2.51. The lowest BCUT2D eigenvalue weighted by atomic mass is 9.97. The van der Waals surface area contributed by atoms with Gasteiger partial charge in [0.1, 0.15) is 5.82 Å². The minimum absolute atomic E-state index is 0.0997. The molecule has 0 aliphatic heterocycles. The van der Waals surface area contributed by atoms with E-state index in [0.29, 0.717) is 11.1 Å². The highest BCUT2D eigenvalue weighted by molar-refractivity contribution is 9.09. The van der Waals surface area contributed by atoms with E-state index in [9.17, 15) is 4.39 Å². The third kappa shape index (κ3) is 2.49. The number of rotatable bonds is 2. The predicted octanol–water partition coefficient (Wildman–Crippen LogP) is 5.24. The van der Waals surface area contributed by atoms with Crippen molar-refractivity contribution in [2.75, 3.05) is 0 Å². The van der Waals surface area contributed by atoms with Crippen LogP contribution in [-0.2, 0) is 0 Å². The van der Waals surface area contributed by atoms with E-state index in [1.807, 2.05) is 12.1 Å². The zero-order valence-corrected chi connectivity index (χ0v) is 12.4. The van der Waals surface area contributed by atoms with Gasteiger partial charge < -0.3 is 0 Å². The molecule has 0 radical (unpaired) electrons. The molecule has 0 nitrogen and oxygen atoms in total. The van der Waals surface area contributed by atoms with Crippen molar-refractivity contribution in [3.05, 3.63) is 70.0 Å². The van der Waals surface area contributed by atoms with Gasteiger partial charge in [0.25, 0.3) is 0 Å². The van der Waals surface area contributed by atoms with Gasteiger partial charge in [-0.2, -0.15) is 0 Å². The molecule has 2 rings (SSSR count). The van der Waals surface area contributed by atoms with Gasteiger partial charge in [0.05, 0.1) is 4.83 Å². The Morgan fingerprint density at radius 3 is 2.39 bits per heavy atom. The summed E-state index contributed by atoms with van der Waals surface area (Å²) in [5, 5.41) is 0. The molecule has 2 heteroatoms. The second kappa shape index (κ2) is 5.23. The van der Waals surface area contributed by atoms with Gasteiger partial charge in [-0.15, -0.1) is 0 Å². The van der Waals surface area contributed by atoms with E-state index in [4.69, 9.17) is 0 Å². The Kier molecular flexibility index (Phi) is 3.86. The Morgan fingerprint density at radius 1 is 0.944 bits per heavy atom. The van der Waals surface area contributed by atoms with E-state index < -0.39 is 0 Å². The summed E-state index contributed by atoms with van der Waals surface area (Å²) in [4.78, 5) is -0.0997. The summed E-state index contributed by atoms with van der Waals surface area (Å²) in [6, 6.07) is 11.8. The molecule has 2 aromatic carbocycles. The molecule has 1 unspecified atom stereocenters. The zero-order valence-electron chi connectivity index (χ0n) is 10.8. The Bertz CT molecular complexity index is 573. The lowest BCUT2D eigenvalue weighted by molar-refractivity contribution is 0.604. The summed E-state index contributed by atoms with van der Waals surface area (Å²) in [7, 11) is 0. The van der Waals surface area contributed by atoms with Crippen LogP contribution in [0, 0.1) is 26.6 Å². The molecule has 0 fully saturated rings. The van der Waals surface area contributed by atoms with Gasteiger partial charge in [-0.3, -0.25) is 0 Å². The van der Waals surface area contributed by atoms with Crippen molar-refractivity contribution < 1.29 is 4.39 Å². The van der Waals surface area contributed by atoms with Crippen LogP contribution in [-0.4, -0.2) is 0 Å². The molecule has 0 aliphatic carbocycles. The van der Waals surface area contributed by atoms with E-state index in [1.54, 1.807) is 13.0 Å². The van der Waals surface area contributed by atoms with E-state index >= 15 is 0 Å². The van der Waals surface area contributed by atoms with Gasteiger partial charge in [0, 0.05) is 5.56 Å². The normalized spacial score (nSPS) is 12.5. The topological polar surface area (TPSA) is 0 Å². The van der Waals surface area contributed by atoms with Crippen LogP contribution < -0.4 is 0 Å². The van der Waals surface area contributed by atoms with Crippen LogP contribution in [0.25, 0.3) is 0 Å². The van der Waals surface area contributed by atoms with Crippen LogP contribution in [0.3, 0.4) is 0 Å². The number of hydrogen-bond acceptors (Lipinski definition) is 0. The molecule has 0 saturated carbocycles. The maximum absolute atomic E-state index is 14.1. The molecule has 0 heterocycles. The predicted molar refractivity (Wildman–Crippen MR) is 77.8 cm³/mol. The minimum atomic E-state index is -0.125. The van der Waals surface area contributed by atoms with Crippen molar-refractivity contribution in [1.29, 1.82) is 0 Å². The van der Waals surface area contributed by atoms with Gasteiger partial charge >= 0.3 is 0 Å². The number of aryl methyl sites for hydroxylation is 3. The minimum Gasteiger partial charge on any atom is -0.206 e. The average molecular weight is 307 g/mol. The molecule has 0 aromatic heterocycles.